The van der Waals surface area contributed by atoms with Crippen LogP contribution in [0.15, 0.2) is 30.3 Å². The summed E-state index contributed by atoms with van der Waals surface area (Å²) < 4.78 is 0. The van der Waals surface area contributed by atoms with Crippen LogP contribution in [0.5, 0.6) is 0 Å². The normalized spacial score (nSPS) is 18.6. The molecule has 0 bridgehead atoms. The van der Waals surface area contributed by atoms with E-state index >= 15 is 0 Å². The van der Waals surface area contributed by atoms with Crippen LogP contribution in [0.4, 0.5) is 5.69 Å². The highest BCUT2D eigenvalue weighted by molar-refractivity contribution is 5.47. The van der Waals surface area contributed by atoms with E-state index in [1.54, 1.807) is 0 Å². The second-order valence-electron chi connectivity index (χ2n) is 5.12. The van der Waals surface area contributed by atoms with E-state index in [0.29, 0.717) is 12.6 Å². The zero-order chi connectivity index (χ0) is 12.8. The van der Waals surface area contributed by atoms with Crippen molar-refractivity contribution in [1.82, 2.24) is 0 Å². The van der Waals surface area contributed by atoms with Crippen LogP contribution >= 0.6 is 0 Å². The highest BCUT2D eigenvalue weighted by Crippen LogP contribution is 2.27. The van der Waals surface area contributed by atoms with Gasteiger partial charge in [0.1, 0.15) is 0 Å². The fourth-order valence-corrected chi connectivity index (χ4v) is 2.76. The summed E-state index contributed by atoms with van der Waals surface area (Å²) in [5.41, 5.74) is 1.15. The minimum absolute atomic E-state index is 0.171. The largest absolute Gasteiger partial charge is 0.394 e. The van der Waals surface area contributed by atoms with Crippen LogP contribution in [0.3, 0.4) is 0 Å². The Kier molecular flexibility index (Phi) is 5.02. The third-order valence-electron chi connectivity index (χ3n) is 3.72. The first-order valence-corrected chi connectivity index (χ1v) is 6.92. The van der Waals surface area contributed by atoms with E-state index in [2.05, 4.69) is 17.0 Å². The van der Waals surface area contributed by atoms with Crippen LogP contribution in [0, 0.1) is 0 Å². The lowest BCUT2D eigenvalue weighted by molar-refractivity contribution is 0.0973. The molecular formula is C15H23NO2. The third kappa shape index (κ3) is 3.47. The summed E-state index contributed by atoms with van der Waals surface area (Å²) in [4.78, 5) is 2.26. The average Bonchev–Trinajstić information content (AvgIpc) is 2.46. The number of para-hydroxylation sites is 1. The Hall–Kier alpha value is -1.06. The van der Waals surface area contributed by atoms with Gasteiger partial charge >= 0.3 is 0 Å². The van der Waals surface area contributed by atoms with Gasteiger partial charge in [0.15, 0.2) is 0 Å². The Morgan fingerprint density at radius 1 is 1.11 bits per heavy atom. The third-order valence-corrected chi connectivity index (χ3v) is 3.72. The van der Waals surface area contributed by atoms with Crippen molar-refractivity contribution < 1.29 is 10.2 Å². The zero-order valence-electron chi connectivity index (χ0n) is 10.8. The van der Waals surface area contributed by atoms with Crippen molar-refractivity contribution in [2.75, 3.05) is 18.1 Å². The molecule has 18 heavy (non-hydrogen) atoms. The molecule has 0 amide bonds. The quantitative estimate of drug-likeness (QED) is 0.840. The Balaban J connectivity index is 2.11. The number of benzene rings is 1. The molecule has 2 rings (SSSR count). The van der Waals surface area contributed by atoms with Crippen LogP contribution in [0.2, 0.25) is 0 Å². The van der Waals surface area contributed by atoms with E-state index in [1.807, 2.05) is 18.2 Å². The second kappa shape index (κ2) is 6.76. The second-order valence-corrected chi connectivity index (χ2v) is 5.12. The molecule has 1 aliphatic carbocycles. The zero-order valence-corrected chi connectivity index (χ0v) is 10.8. The minimum Gasteiger partial charge on any atom is -0.394 e. The summed E-state index contributed by atoms with van der Waals surface area (Å²) in [7, 11) is 0. The van der Waals surface area contributed by atoms with E-state index in [0.717, 1.165) is 5.69 Å². The molecule has 0 aliphatic heterocycles. The highest BCUT2D eigenvalue weighted by atomic mass is 16.3. The summed E-state index contributed by atoms with van der Waals surface area (Å²) in [6, 6.07) is 10.7. The standard InChI is InChI=1S/C15H23NO2/c17-12-15(18)11-16(13-7-3-1-4-8-13)14-9-5-2-6-10-14/h1,3-4,7-8,14-15,17-18H,2,5-6,9-12H2. The van der Waals surface area contributed by atoms with Crippen LogP contribution in [0.1, 0.15) is 32.1 Å². The van der Waals surface area contributed by atoms with Crippen molar-refractivity contribution in [3.63, 3.8) is 0 Å². The molecule has 0 aromatic heterocycles. The van der Waals surface area contributed by atoms with Gasteiger partial charge in [0.05, 0.1) is 12.7 Å². The molecule has 0 heterocycles. The number of rotatable bonds is 5. The first-order valence-electron chi connectivity index (χ1n) is 6.92. The monoisotopic (exact) mass is 249 g/mol. The van der Waals surface area contributed by atoms with Crippen molar-refractivity contribution in [3.05, 3.63) is 30.3 Å². The molecule has 1 fully saturated rings. The Morgan fingerprint density at radius 3 is 2.39 bits per heavy atom. The molecule has 1 atom stereocenters. The maximum absolute atomic E-state index is 9.73. The van der Waals surface area contributed by atoms with Gasteiger partial charge in [0.2, 0.25) is 0 Å². The highest BCUT2D eigenvalue weighted by Gasteiger charge is 2.23. The summed E-state index contributed by atoms with van der Waals surface area (Å²) in [5, 5.41) is 18.8. The van der Waals surface area contributed by atoms with Gasteiger partial charge in [-0.05, 0) is 25.0 Å². The summed E-state index contributed by atoms with van der Waals surface area (Å²) in [6.45, 7) is 0.348. The average molecular weight is 249 g/mol. The molecule has 3 heteroatoms. The van der Waals surface area contributed by atoms with Gasteiger partial charge in [0, 0.05) is 18.3 Å². The van der Waals surface area contributed by atoms with Gasteiger partial charge in [-0.2, -0.15) is 0 Å². The molecule has 100 valence electrons. The summed E-state index contributed by atoms with van der Waals surface area (Å²) in [6.07, 6.45) is 5.57. The minimum atomic E-state index is -0.660. The van der Waals surface area contributed by atoms with Crippen LogP contribution in [-0.4, -0.2) is 35.5 Å². The smallest absolute Gasteiger partial charge is 0.0945 e. The molecule has 1 saturated carbocycles. The molecule has 1 aromatic carbocycles. The maximum atomic E-state index is 9.73. The number of hydrogen-bond acceptors (Lipinski definition) is 3. The molecular weight excluding hydrogens is 226 g/mol. The first kappa shape index (κ1) is 13.4. The molecule has 0 saturated heterocycles. The number of aliphatic hydroxyl groups excluding tert-OH is 2. The van der Waals surface area contributed by atoms with E-state index in [9.17, 15) is 5.11 Å². The van der Waals surface area contributed by atoms with Crippen LogP contribution < -0.4 is 4.90 Å². The number of aliphatic hydroxyl groups is 2. The topological polar surface area (TPSA) is 43.7 Å². The lowest BCUT2D eigenvalue weighted by atomic mass is 9.93. The van der Waals surface area contributed by atoms with E-state index < -0.39 is 6.10 Å². The van der Waals surface area contributed by atoms with Gasteiger partial charge in [-0.3, -0.25) is 0 Å². The van der Waals surface area contributed by atoms with Crippen LogP contribution in [-0.2, 0) is 0 Å². The van der Waals surface area contributed by atoms with Crippen LogP contribution in [0.25, 0.3) is 0 Å². The molecule has 1 aromatic rings. The molecule has 0 spiro atoms. The maximum Gasteiger partial charge on any atom is 0.0945 e. The lowest BCUT2D eigenvalue weighted by Crippen LogP contribution is -2.42. The number of anilines is 1. The van der Waals surface area contributed by atoms with E-state index in [4.69, 9.17) is 5.11 Å². The van der Waals surface area contributed by atoms with Crippen molar-refractivity contribution >= 4 is 5.69 Å². The first-order chi connectivity index (χ1) is 8.81. The molecule has 2 N–H and O–H groups in total. The van der Waals surface area contributed by atoms with Gasteiger partial charge in [-0.15, -0.1) is 0 Å². The molecule has 3 nitrogen and oxygen atoms in total. The fraction of sp³-hybridized carbons (Fsp3) is 0.600. The summed E-state index contributed by atoms with van der Waals surface area (Å²) in [5.74, 6) is 0. The fourth-order valence-electron chi connectivity index (χ4n) is 2.76. The summed E-state index contributed by atoms with van der Waals surface area (Å²) >= 11 is 0. The van der Waals surface area contributed by atoms with E-state index in [-0.39, 0.29) is 6.61 Å². The predicted molar refractivity (Wildman–Crippen MR) is 73.8 cm³/mol. The van der Waals surface area contributed by atoms with Crippen molar-refractivity contribution in [1.29, 1.82) is 0 Å². The van der Waals surface area contributed by atoms with Gasteiger partial charge in [-0.25, -0.2) is 0 Å². The Labute approximate surface area is 109 Å². The SMILES string of the molecule is OCC(O)CN(c1ccccc1)C1CCCCC1. The predicted octanol–water partition coefficient (Wildman–Crippen LogP) is 2.18. The lowest BCUT2D eigenvalue weighted by Gasteiger charge is -2.37. The van der Waals surface area contributed by atoms with E-state index in [1.165, 1.54) is 32.1 Å². The van der Waals surface area contributed by atoms with Gasteiger partial charge < -0.3 is 15.1 Å². The molecule has 1 aliphatic rings. The van der Waals surface area contributed by atoms with Crippen molar-refractivity contribution in [2.45, 2.75) is 44.2 Å². The van der Waals surface area contributed by atoms with Gasteiger partial charge in [-0.1, -0.05) is 37.5 Å². The number of hydrogen-bond donors (Lipinski definition) is 2. The Bertz CT molecular complexity index is 336. The Morgan fingerprint density at radius 2 is 1.78 bits per heavy atom. The van der Waals surface area contributed by atoms with Crippen molar-refractivity contribution in [3.8, 4) is 0 Å². The van der Waals surface area contributed by atoms with Crippen molar-refractivity contribution in [2.24, 2.45) is 0 Å². The van der Waals surface area contributed by atoms with Gasteiger partial charge in [0.25, 0.3) is 0 Å². The molecule has 1 unspecified atom stereocenters. The molecule has 0 radical (unpaired) electrons. The number of nitrogens with zero attached hydrogens (tertiary/aromatic N) is 1.